The maximum Gasteiger partial charge on any atom is 0.339 e. The Morgan fingerprint density at radius 1 is 1.47 bits per heavy atom. The molecule has 0 aliphatic carbocycles. The summed E-state index contributed by atoms with van der Waals surface area (Å²) in [7, 11) is 0. The number of carbonyl (C=O) groups is 1. The maximum atomic E-state index is 11.2. The molecule has 2 rings (SSSR count). The lowest BCUT2D eigenvalue weighted by atomic mass is 9.99. The summed E-state index contributed by atoms with van der Waals surface area (Å²) in [4.78, 5) is 11.2. The highest BCUT2D eigenvalue weighted by Gasteiger charge is 2.28. The minimum absolute atomic E-state index is 0.198. The lowest BCUT2D eigenvalue weighted by Gasteiger charge is -2.25. The van der Waals surface area contributed by atoms with Gasteiger partial charge >= 0.3 is 5.97 Å². The number of rotatable bonds is 1. The Hall–Kier alpha value is -1.71. The van der Waals surface area contributed by atoms with E-state index in [0.29, 0.717) is 11.4 Å². The van der Waals surface area contributed by atoms with E-state index < -0.39 is 5.97 Å². The van der Waals surface area contributed by atoms with E-state index in [2.05, 4.69) is 0 Å². The Morgan fingerprint density at radius 3 is 2.82 bits per heavy atom. The molecular weight excluding hydrogens is 218 g/mol. The van der Waals surface area contributed by atoms with Gasteiger partial charge in [0.15, 0.2) is 0 Å². The van der Waals surface area contributed by atoms with E-state index >= 15 is 0 Å². The van der Waals surface area contributed by atoms with Crippen LogP contribution in [0.1, 0.15) is 42.6 Å². The maximum absolute atomic E-state index is 11.2. The fraction of sp³-hybridized carbons (Fsp3) is 0.462. The van der Waals surface area contributed by atoms with Crippen molar-refractivity contribution in [2.24, 2.45) is 0 Å². The number of hydrogen-bond acceptors (Lipinski definition) is 3. The monoisotopic (exact) mass is 235 g/mol. The van der Waals surface area contributed by atoms with Crippen molar-refractivity contribution in [3.8, 4) is 5.75 Å². The van der Waals surface area contributed by atoms with Crippen molar-refractivity contribution < 1.29 is 14.6 Å². The first-order chi connectivity index (χ1) is 7.91. The Morgan fingerprint density at radius 2 is 2.18 bits per heavy atom. The molecule has 92 valence electrons. The molecule has 0 unspecified atom stereocenters. The van der Waals surface area contributed by atoms with E-state index in [9.17, 15) is 9.90 Å². The number of carboxylic acid groups (broad SMARTS) is 1. The minimum atomic E-state index is -0.973. The summed E-state index contributed by atoms with van der Waals surface area (Å²) in [5.74, 6) is -0.529. The molecule has 0 amide bonds. The second-order valence-corrected chi connectivity index (χ2v) is 5.03. The van der Waals surface area contributed by atoms with Crippen LogP contribution < -0.4 is 10.5 Å². The third kappa shape index (κ3) is 2.20. The standard InChI is InChI=1S/C13H17NO3/c1-13(2)7-3-4-8-10(14)6-5-9(12(15)16)11(8)17-13/h5-6H,3-4,7,14H2,1-2H3,(H,15,16). The highest BCUT2D eigenvalue weighted by molar-refractivity contribution is 5.92. The van der Waals surface area contributed by atoms with Crippen molar-refractivity contribution >= 4 is 11.7 Å². The summed E-state index contributed by atoms with van der Waals surface area (Å²) in [6, 6.07) is 3.15. The molecule has 0 fully saturated rings. The number of nitrogen functional groups attached to an aromatic ring is 1. The van der Waals surface area contributed by atoms with Gasteiger partial charge in [-0.3, -0.25) is 0 Å². The van der Waals surface area contributed by atoms with Gasteiger partial charge in [-0.1, -0.05) is 0 Å². The zero-order valence-corrected chi connectivity index (χ0v) is 10.1. The highest BCUT2D eigenvalue weighted by Crippen LogP contribution is 2.37. The van der Waals surface area contributed by atoms with E-state index in [0.717, 1.165) is 24.8 Å². The predicted octanol–water partition coefficient (Wildman–Crippen LogP) is 2.46. The molecule has 1 heterocycles. The number of hydrogen-bond donors (Lipinski definition) is 2. The second kappa shape index (κ2) is 3.95. The molecule has 3 N–H and O–H groups in total. The molecule has 0 aromatic heterocycles. The van der Waals surface area contributed by atoms with Gasteiger partial charge in [-0.25, -0.2) is 4.79 Å². The number of carboxylic acids is 1. The first kappa shape index (κ1) is 11.8. The lowest BCUT2D eigenvalue weighted by molar-refractivity contribution is 0.0672. The Kier molecular flexibility index (Phi) is 2.73. The van der Waals surface area contributed by atoms with Crippen molar-refractivity contribution in [3.63, 3.8) is 0 Å². The van der Waals surface area contributed by atoms with E-state index in [1.807, 2.05) is 13.8 Å². The average Bonchev–Trinajstić information content (AvgIpc) is 2.36. The van der Waals surface area contributed by atoms with Crippen LogP contribution in [0, 0.1) is 0 Å². The molecular formula is C13H17NO3. The first-order valence-corrected chi connectivity index (χ1v) is 5.74. The molecule has 1 aromatic carbocycles. The molecule has 1 aliphatic rings. The van der Waals surface area contributed by atoms with Gasteiger partial charge in [0.05, 0.1) is 0 Å². The van der Waals surface area contributed by atoms with Gasteiger partial charge in [0.1, 0.15) is 16.9 Å². The van der Waals surface area contributed by atoms with Gasteiger partial charge in [0.25, 0.3) is 0 Å². The van der Waals surface area contributed by atoms with Crippen LogP contribution in [0.25, 0.3) is 0 Å². The number of ether oxygens (including phenoxy) is 1. The Bertz CT molecular complexity index is 466. The van der Waals surface area contributed by atoms with E-state index in [1.54, 1.807) is 6.07 Å². The molecule has 0 saturated heterocycles. The third-order valence-electron chi connectivity index (χ3n) is 3.11. The number of benzene rings is 1. The SMILES string of the molecule is CC1(C)CCCc2c(N)ccc(C(=O)O)c2O1. The molecule has 0 spiro atoms. The van der Waals surface area contributed by atoms with Crippen molar-refractivity contribution in [1.82, 2.24) is 0 Å². The molecule has 1 aliphatic heterocycles. The largest absolute Gasteiger partial charge is 0.487 e. The van der Waals surface area contributed by atoms with Gasteiger partial charge in [0.2, 0.25) is 0 Å². The number of aromatic carboxylic acids is 1. The van der Waals surface area contributed by atoms with Crippen LogP contribution in [-0.2, 0) is 6.42 Å². The van der Waals surface area contributed by atoms with Crippen LogP contribution in [0.2, 0.25) is 0 Å². The molecule has 0 atom stereocenters. The van der Waals surface area contributed by atoms with Crippen LogP contribution >= 0.6 is 0 Å². The summed E-state index contributed by atoms with van der Waals surface area (Å²) < 4.78 is 5.86. The molecule has 0 saturated carbocycles. The second-order valence-electron chi connectivity index (χ2n) is 5.03. The molecule has 4 heteroatoms. The number of anilines is 1. The average molecular weight is 235 g/mol. The van der Waals surface area contributed by atoms with Crippen molar-refractivity contribution in [3.05, 3.63) is 23.3 Å². The van der Waals surface area contributed by atoms with E-state index in [1.165, 1.54) is 6.07 Å². The summed E-state index contributed by atoms with van der Waals surface area (Å²) in [5.41, 5.74) is 7.19. The third-order valence-corrected chi connectivity index (χ3v) is 3.11. The smallest absolute Gasteiger partial charge is 0.339 e. The molecule has 1 aromatic rings. The predicted molar refractivity (Wildman–Crippen MR) is 65.5 cm³/mol. The number of fused-ring (bicyclic) bond motifs is 1. The first-order valence-electron chi connectivity index (χ1n) is 5.74. The Balaban J connectivity index is 2.59. The molecule has 0 bridgehead atoms. The van der Waals surface area contributed by atoms with Crippen molar-refractivity contribution in [2.45, 2.75) is 38.7 Å². The van der Waals surface area contributed by atoms with Gasteiger partial charge in [0, 0.05) is 11.3 Å². The fourth-order valence-electron chi connectivity index (χ4n) is 2.20. The molecule has 4 nitrogen and oxygen atoms in total. The van der Waals surface area contributed by atoms with Crippen LogP contribution in [0.5, 0.6) is 5.75 Å². The normalized spacial score (nSPS) is 17.8. The van der Waals surface area contributed by atoms with Gasteiger partial charge in [-0.05, 0) is 45.2 Å². The minimum Gasteiger partial charge on any atom is -0.487 e. The van der Waals surface area contributed by atoms with Crippen LogP contribution in [0.3, 0.4) is 0 Å². The summed E-state index contributed by atoms with van der Waals surface area (Å²) >= 11 is 0. The molecule has 17 heavy (non-hydrogen) atoms. The van der Waals surface area contributed by atoms with Crippen LogP contribution in [-0.4, -0.2) is 16.7 Å². The van der Waals surface area contributed by atoms with Gasteiger partial charge < -0.3 is 15.6 Å². The van der Waals surface area contributed by atoms with E-state index in [-0.39, 0.29) is 11.2 Å². The quantitative estimate of drug-likeness (QED) is 0.733. The highest BCUT2D eigenvalue weighted by atomic mass is 16.5. The summed E-state index contributed by atoms with van der Waals surface area (Å²) in [6.45, 7) is 3.94. The topological polar surface area (TPSA) is 72.6 Å². The number of nitrogens with two attached hydrogens (primary N) is 1. The van der Waals surface area contributed by atoms with E-state index in [4.69, 9.17) is 10.5 Å². The van der Waals surface area contributed by atoms with Gasteiger partial charge in [-0.2, -0.15) is 0 Å². The van der Waals surface area contributed by atoms with Crippen LogP contribution in [0.15, 0.2) is 12.1 Å². The van der Waals surface area contributed by atoms with Crippen LogP contribution in [0.4, 0.5) is 5.69 Å². The summed E-state index contributed by atoms with van der Waals surface area (Å²) in [6.07, 6.45) is 2.61. The Labute approximate surface area is 100 Å². The fourth-order valence-corrected chi connectivity index (χ4v) is 2.20. The van der Waals surface area contributed by atoms with Crippen molar-refractivity contribution in [1.29, 1.82) is 0 Å². The zero-order chi connectivity index (χ0) is 12.6. The molecule has 0 radical (unpaired) electrons. The van der Waals surface area contributed by atoms with Gasteiger partial charge in [-0.15, -0.1) is 0 Å². The van der Waals surface area contributed by atoms with Crippen molar-refractivity contribution in [2.75, 3.05) is 5.73 Å². The lowest BCUT2D eigenvalue weighted by Crippen LogP contribution is -2.27. The summed E-state index contributed by atoms with van der Waals surface area (Å²) in [5, 5.41) is 9.17. The zero-order valence-electron chi connectivity index (χ0n) is 10.1.